The molecular formula is C29H28. The van der Waals surface area contributed by atoms with Crippen LogP contribution in [-0.2, 0) is 5.41 Å². The topological polar surface area (TPSA) is 0 Å². The summed E-state index contributed by atoms with van der Waals surface area (Å²) in [6, 6.07) is 22.4. The summed E-state index contributed by atoms with van der Waals surface area (Å²) in [7, 11) is 0. The fourth-order valence-electron chi connectivity index (χ4n) is 5.24. The Hall–Kier alpha value is -2.86. The first-order valence-corrected chi connectivity index (χ1v) is 10.7. The Morgan fingerprint density at radius 3 is 2.24 bits per heavy atom. The molecule has 0 bridgehead atoms. The molecule has 0 aromatic heterocycles. The van der Waals surface area contributed by atoms with Crippen LogP contribution < -0.4 is 0 Å². The lowest BCUT2D eigenvalue weighted by Crippen LogP contribution is -2.18. The van der Waals surface area contributed by atoms with E-state index in [0.29, 0.717) is 0 Å². The average molecular weight is 377 g/mol. The number of rotatable bonds is 2. The second-order valence-electron chi connectivity index (χ2n) is 9.07. The third-order valence-electron chi connectivity index (χ3n) is 6.88. The van der Waals surface area contributed by atoms with E-state index >= 15 is 0 Å². The van der Waals surface area contributed by atoms with Gasteiger partial charge < -0.3 is 0 Å². The quantitative estimate of drug-likeness (QED) is 0.424. The molecule has 0 heterocycles. The predicted octanol–water partition coefficient (Wildman–Crippen LogP) is 8.03. The van der Waals surface area contributed by atoms with Crippen molar-refractivity contribution in [2.24, 2.45) is 0 Å². The van der Waals surface area contributed by atoms with Crippen LogP contribution in [0.1, 0.15) is 48.9 Å². The maximum absolute atomic E-state index is 2.45. The van der Waals surface area contributed by atoms with E-state index in [2.05, 4.69) is 101 Å². The van der Waals surface area contributed by atoms with E-state index in [-0.39, 0.29) is 5.41 Å². The Morgan fingerprint density at radius 2 is 1.48 bits per heavy atom. The van der Waals surface area contributed by atoms with E-state index in [0.717, 1.165) is 0 Å². The molecular weight excluding hydrogens is 348 g/mol. The summed E-state index contributed by atoms with van der Waals surface area (Å²) < 4.78 is 0. The van der Waals surface area contributed by atoms with E-state index in [4.69, 9.17) is 0 Å². The zero-order chi connectivity index (χ0) is 20.2. The van der Waals surface area contributed by atoms with Gasteiger partial charge in [0.1, 0.15) is 0 Å². The Bertz CT molecular complexity index is 1170. The van der Waals surface area contributed by atoms with Crippen LogP contribution in [0.4, 0.5) is 0 Å². The highest BCUT2D eigenvalue weighted by Gasteiger charge is 2.37. The second kappa shape index (κ2) is 6.59. The van der Waals surface area contributed by atoms with Gasteiger partial charge in [0, 0.05) is 5.41 Å². The van der Waals surface area contributed by atoms with Crippen molar-refractivity contribution in [3.05, 3.63) is 101 Å². The Kier molecular flexibility index (Phi) is 4.13. The minimum Gasteiger partial charge on any atom is -0.0836 e. The van der Waals surface area contributed by atoms with E-state index in [9.17, 15) is 0 Å². The van der Waals surface area contributed by atoms with Crippen molar-refractivity contribution in [2.45, 2.75) is 46.0 Å². The van der Waals surface area contributed by atoms with Crippen molar-refractivity contribution in [3.63, 3.8) is 0 Å². The second-order valence-corrected chi connectivity index (χ2v) is 9.07. The number of benzene rings is 3. The summed E-state index contributed by atoms with van der Waals surface area (Å²) in [6.45, 7) is 9.30. The monoisotopic (exact) mass is 376 g/mol. The molecule has 0 saturated heterocycles. The largest absolute Gasteiger partial charge is 0.0836 e. The molecule has 3 aromatic rings. The van der Waals surface area contributed by atoms with Crippen LogP contribution in [0, 0.1) is 13.8 Å². The Labute approximate surface area is 174 Å². The Balaban J connectivity index is 1.64. The first-order valence-electron chi connectivity index (χ1n) is 10.7. The molecule has 0 unspecified atom stereocenters. The van der Waals surface area contributed by atoms with Gasteiger partial charge >= 0.3 is 0 Å². The predicted molar refractivity (Wildman–Crippen MR) is 125 cm³/mol. The van der Waals surface area contributed by atoms with Gasteiger partial charge in [0.2, 0.25) is 0 Å². The first-order chi connectivity index (χ1) is 14.0. The van der Waals surface area contributed by atoms with Gasteiger partial charge in [0.25, 0.3) is 0 Å². The van der Waals surface area contributed by atoms with E-state index in [1.54, 1.807) is 5.57 Å². The molecule has 0 heteroatoms. The molecule has 2 aliphatic carbocycles. The Morgan fingerprint density at radius 1 is 0.724 bits per heavy atom. The minimum atomic E-state index is 0.144. The molecule has 0 fully saturated rings. The van der Waals surface area contributed by atoms with Gasteiger partial charge in [-0.15, -0.1) is 0 Å². The molecule has 2 aliphatic rings. The van der Waals surface area contributed by atoms with Gasteiger partial charge in [0.15, 0.2) is 0 Å². The van der Waals surface area contributed by atoms with E-state index < -0.39 is 0 Å². The number of hydrogen-bond donors (Lipinski definition) is 0. The molecule has 0 radical (unpaired) electrons. The summed E-state index contributed by atoms with van der Waals surface area (Å²) in [4.78, 5) is 0. The van der Waals surface area contributed by atoms with Crippen molar-refractivity contribution < 1.29 is 0 Å². The van der Waals surface area contributed by atoms with Gasteiger partial charge in [-0.05, 0) is 82.8 Å². The number of hydrogen-bond acceptors (Lipinski definition) is 0. The molecule has 0 atom stereocenters. The zero-order valence-corrected chi connectivity index (χ0v) is 17.8. The van der Waals surface area contributed by atoms with Gasteiger partial charge in [-0.1, -0.05) is 86.2 Å². The molecule has 144 valence electrons. The molecule has 0 spiro atoms. The summed E-state index contributed by atoms with van der Waals surface area (Å²) in [5.41, 5.74) is 14.1. The molecule has 0 aliphatic heterocycles. The highest BCUT2D eigenvalue weighted by molar-refractivity contribution is 5.90. The summed E-state index contributed by atoms with van der Waals surface area (Å²) in [6.07, 6.45) is 7.05. The minimum absolute atomic E-state index is 0.144. The molecule has 29 heavy (non-hydrogen) atoms. The molecule has 0 saturated carbocycles. The maximum Gasteiger partial charge on any atom is 0.0121 e. The van der Waals surface area contributed by atoms with Crippen LogP contribution in [0.15, 0.2) is 78.4 Å². The van der Waals surface area contributed by atoms with Crippen LogP contribution >= 0.6 is 0 Å². The van der Waals surface area contributed by atoms with Gasteiger partial charge in [-0.25, -0.2) is 0 Å². The highest BCUT2D eigenvalue weighted by Crippen LogP contribution is 2.51. The fraction of sp³-hybridized carbons (Fsp3) is 0.241. The number of allylic oxidation sites excluding steroid dienone is 4. The lowest BCUT2D eigenvalue weighted by atomic mass is 9.78. The molecule has 3 aromatic carbocycles. The van der Waals surface area contributed by atoms with Crippen molar-refractivity contribution in [3.8, 4) is 22.3 Å². The number of aryl methyl sites for hydroxylation is 2. The lowest BCUT2D eigenvalue weighted by Gasteiger charge is -2.26. The van der Waals surface area contributed by atoms with Gasteiger partial charge in [-0.2, -0.15) is 0 Å². The van der Waals surface area contributed by atoms with Crippen molar-refractivity contribution in [1.29, 1.82) is 0 Å². The standard InChI is InChI=1S/C29H28/c1-19-16-22(21-10-6-5-7-11-21)14-15-23(19)25-18-26-24-12-8-9-13-27(24)29(3,4)28(26)17-20(25)2/h5-8,10-12,14-18H,9,13H2,1-4H3. The lowest BCUT2D eigenvalue weighted by molar-refractivity contribution is 0.607. The molecule has 0 nitrogen and oxygen atoms in total. The van der Waals surface area contributed by atoms with Gasteiger partial charge in [-0.3, -0.25) is 0 Å². The van der Waals surface area contributed by atoms with Crippen LogP contribution in [0.3, 0.4) is 0 Å². The van der Waals surface area contributed by atoms with Crippen molar-refractivity contribution >= 4 is 5.57 Å². The van der Waals surface area contributed by atoms with Crippen LogP contribution in [0.2, 0.25) is 0 Å². The summed E-state index contributed by atoms with van der Waals surface area (Å²) in [5.74, 6) is 0. The average Bonchev–Trinajstić information content (AvgIpc) is 2.95. The fourth-order valence-corrected chi connectivity index (χ4v) is 5.24. The number of fused-ring (bicyclic) bond motifs is 2. The first kappa shape index (κ1) is 18.2. The molecule has 0 amide bonds. The molecule has 5 rings (SSSR count). The van der Waals surface area contributed by atoms with E-state index in [1.165, 1.54) is 62.9 Å². The highest BCUT2D eigenvalue weighted by atomic mass is 14.4. The maximum atomic E-state index is 2.45. The SMILES string of the molecule is Cc1cc(-c2ccccc2)ccc1-c1cc2c(cc1C)C(C)(C)C1=C2C=CCC1. The molecule has 0 N–H and O–H groups in total. The summed E-state index contributed by atoms with van der Waals surface area (Å²) in [5, 5.41) is 0. The van der Waals surface area contributed by atoms with Gasteiger partial charge in [0.05, 0.1) is 0 Å². The normalized spacial score (nSPS) is 16.7. The van der Waals surface area contributed by atoms with Crippen LogP contribution in [0.25, 0.3) is 27.8 Å². The van der Waals surface area contributed by atoms with Crippen LogP contribution in [0.5, 0.6) is 0 Å². The smallest absolute Gasteiger partial charge is 0.0121 e. The zero-order valence-electron chi connectivity index (χ0n) is 17.8. The third-order valence-corrected chi connectivity index (χ3v) is 6.88. The van der Waals surface area contributed by atoms with Crippen LogP contribution in [-0.4, -0.2) is 0 Å². The third kappa shape index (κ3) is 2.82. The summed E-state index contributed by atoms with van der Waals surface area (Å²) >= 11 is 0. The van der Waals surface area contributed by atoms with Crippen molar-refractivity contribution in [2.75, 3.05) is 0 Å². The van der Waals surface area contributed by atoms with Crippen molar-refractivity contribution in [1.82, 2.24) is 0 Å². The van der Waals surface area contributed by atoms with E-state index in [1.807, 2.05) is 0 Å².